The normalized spacial score (nSPS) is 10.5. The highest BCUT2D eigenvalue weighted by atomic mass is 19.4. The average molecular weight is 385 g/mol. The lowest BCUT2D eigenvalue weighted by atomic mass is 10.1. The number of carboxylic acids is 2. The summed E-state index contributed by atoms with van der Waals surface area (Å²) >= 11 is 0. The van der Waals surface area contributed by atoms with Gasteiger partial charge in [0, 0.05) is 18.7 Å². The monoisotopic (exact) mass is 385 g/mol. The lowest BCUT2D eigenvalue weighted by Gasteiger charge is -2.10. The number of aliphatic carboxylic acids is 2. The molecule has 2 rings (SSSR count). The maximum absolute atomic E-state index is 12.4. The van der Waals surface area contributed by atoms with Crippen LogP contribution in [0.1, 0.15) is 16.7 Å². The van der Waals surface area contributed by atoms with Crippen LogP contribution in [0.15, 0.2) is 48.5 Å². The average Bonchev–Trinajstić information content (AvgIpc) is 2.62. The second-order valence-electron chi connectivity index (χ2n) is 5.22. The van der Waals surface area contributed by atoms with Crippen molar-refractivity contribution in [3.63, 3.8) is 0 Å². The van der Waals surface area contributed by atoms with Gasteiger partial charge in [0.05, 0.1) is 12.7 Å². The molecule has 0 aliphatic heterocycles. The van der Waals surface area contributed by atoms with E-state index in [4.69, 9.17) is 24.5 Å². The molecule has 9 heteroatoms. The molecule has 0 bridgehead atoms. The van der Waals surface area contributed by atoms with Gasteiger partial charge in [0.2, 0.25) is 0 Å². The predicted octanol–water partition coefficient (Wildman–Crippen LogP) is 3.16. The third-order valence-corrected chi connectivity index (χ3v) is 3.30. The van der Waals surface area contributed by atoms with Gasteiger partial charge >= 0.3 is 18.1 Å². The number of carboxylic acid groups (broad SMARTS) is 2. The highest BCUT2D eigenvalue weighted by Gasteiger charge is 2.29. The van der Waals surface area contributed by atoms with Crippen LogP contribution in [-0.2, 0) is 28.9 Å². The molecule has 0 amide bonds. The van der Waals surface area contributed by atoms with Crippen molar-refractivity contribution in [2.45, 2.75) is 19.3 Å². The van der Waals surface area contributed by atoms with E-state index in [1.807, 2.05) is 24.3 Å². The van der Waals surface area contributed by atoms with Gasteiger partial charge in [0.15, 0.2) is 0 Å². The molecule has 0 aliphatic carbocycles. The Bertz CT molecular complexity index is 748. The van der Waals surface area contributed by atoms with Crippen molar-refractivity contribution in [2.24, 2.45) is 0 Å². The van der Waals surface area contributed by atoms with Crippen molar-refractivity contribution in [2.75, 3.05) is 7.11 Å². The highest BCUT2D eigenvalue weighted by Crippen LogP contribution is 2.29. The predicted molar refractivity (Wildman–Crippen MR) is 90.3 cm³/mol. The zero-order valence-corrected chi connectivity index (χ0v) is 14.3. The van der Waals surface area contributed by atoms with Gasteiger partial charge in [-0.3, -0.25) is 0 Å². The summed E-state index contributed by atoms with van der Waals surface area (Å²) in [6, 6.07) is 12.8. The van der Waals surface area contributed by atoms with Gasteiger partial charge in [-0.1, -0.05) is 30.3 Å². The zero-order valence-electron chi connectivity index (χ0n) is 14.3. The van der Waals surface area contributed by atoms with Crippen LogP contribution in [0.3, 0.4) is 0 Å². The van der Waals surface area contributed by atoms with Gasteiger partial charge in [-0.15, -0.1) is 0 Å². The van der Waals surface area contributed by atoms with Gasteiger partial charge in [-0.25, -0.2) is 9.59 Å². The Labute approximate surface area is 153 Å². The maximum Gasteiger partial charge on any atom is 0.416 e. The summed E-state index contributed by atoms with van der Waals surface area (Å²) in [7, 11) is 1.61. The van der Waals surface area contributed by atoms with Crippen LogP contribution < -0.4 is 10.1 Å². The van der Waals surface area contributed by atoms with Crippen LogP contribution in [-0.4, -0.2) is 29.3 Å². The summed E-state index contributed by atoms with van der Waals surface area (Å²) in [6.07, 6.45) is -4.29. The van der Waals surface area contributed by atoms with E-state index >= 15 is 0 Å². The summed E-state index contributed by atoms with van der Waals surface area (Å²) < 4.78 is 42.6. The molecule has 2 aromatic rings. The molecule has 0 saturated heterocycles. The van der Waals surface area contributed by atoms with E-state index in [-0.39, 0.29) is 0 Å². The number of halogens is 3. The van der Waals surface area contributed by atoms with E-state index in [0.717, 1.165) is 29.0 Å². The molecular weight excluding hydrogens is 367 g/mol. The van der Waals surface area contributed by atoms with Gasteiger partial charge < -0.3 is 20.3 Å². The minimum Gasteiger partial charge on any atom is -0.496 e. The maximum atomic E-state index is 12.4. The Morgan fingerprint density at radius 1 is 0.963 bits per heavy atom. The highest BCUT2D eigenvalue weighted by molar-refractivity contribution is 6.27. The molecule has 0 aromatic heterocycles. The Kier molecular flexibility index (Phi) is 8.28. The first kappa shape index (κ1) is 22.0. The Balaban J connectivity index is 0.000000527. The van der Waals surface area contributed by atoms with Crippen molar-refractivity contribution in [1.29, 1.82) is 0 Å². The van der Waals surface area contributed by atoms with Gasteiger partial charge in [0.1, 0.15) is 5.75 Å². The Morgan fingerprint density at radius 3 is 2.00 bits per heavy atom. The quantitative estimate of drug-likeness (QED) is 0.685. The van der Waals surface area contributed by atoms with E-state index in [9.17, 15) is 13.2 Å². The fourth-order valence-corrected chi connectivity index (χ4v) is 2.00. The smallest absolute Gasteiger partial charge is 0.416 e. The summed E-state index contributed by atoms with van der Waals surface area (Å²) in [4.78, 5) is 18.2. The molecule has 0 fully saturated rings. The summed E-state index contributed by atoms with van der Waals surface area (Å²) in [5.74, 6) is -2.86. The molecule has 0 spiro atoms. The molecule has 0 atom stereocenters. The fourth-order valence-electron chi connectivity index (χ4n) is 2.00. The second kappa shape index (κ2) is 10.2. The van der Waals surface area contributed by atoms with E-state index in [1.54, 1.807) is 7.11 Å². The van der Waals surface area contributed by atoms with E-state index in [2.05, 4.69) is 5.32 Å². The number of rotatable bonds is 5. The van der Waals surface area contributed by atoms with Gasteiger partial charge in [-0.2, -0.15) is 13.2 Å². The summed E-state index contributed by atoms with van der Waals surface area (Å²) in [5.41, 5.74) is 1.18. The molecule has 146 valence electrons. The Morgan fingerprint density at radius 2 is 1.52 bits per heavy atom. The van der Waals surface area contributed by atoms with Crippen molar-refractivity contribution >= 4 is 11.9 Å². The second-order valence-corrected chi connectivity index (χ2v) is 5.22. The first-order chi connectivity index (χ1) is 12.6. The summed E-state index contributed by atoms with van der Waals surface area (Å²) in [5, 5.41) is 18.0. The van der Waals surface area contributed by atoms with Crippen LogP contribution in [0.5, 0.6) is 5.75 Å². The number of hydrogen-bond donors (Lipinski definition) is 3. The molecule has 0 unspecified atom stereocenters. The third-order valence-electron chi connectivity index (χ3n) is 3.30. The van der Waals surface area contributed by atoms with Crippen molar-refractivity contribution in [3.8, 4) is 5.75 Å². The minimum atomic E-state index is -4.29. The van der Waals surface area contributed by atoms with Gasteiger partial charge in [0.25, 0.3) is 0 Å². The number of hydrogen-bond acceptors (Lipinski definition) is 4. The molecule has 0 heterocycles. The van der Waals surface area contributed by atoms with Crippen LogP contribution in [0, 0.1) is 0 Å². The number of benzene rings is 2. The molecule has 6 nitrogen and oxygen atoms in total. The van der Waals surface area contributed by atoms with Crippen LogP contribution in [0.2, 0.25) is 0 Å². The molecule has 27 heavy (non-hydrogen) atoms. The molecule has 0 aliphatic rings. The molecule has 2 aromatic carbocycles. The number of para-hydroxylation sites is 1. The van der Waals surface area contributed by atoms with E-state index in [0.29, 0.717) is 13.1 Å². The van der Waals surface area contributed by atoms with Crippen molar-refractivity contribution in [3.05, 3.63) is 65.2 Å². The number of carbonyl (C=O) groups is 2. The SMILES string of the molecule is COc1ccccc1CNCc1ccc(C(F)(F)F)cc1.O=C(O)C(=O)O. The largest absolute Gasteiger partial charge is 0.496 e. The number of nitrogens with one attached hydrogen (secondary N) is 1. The summed E-state index contributed by atoms with van der Waals surface area (Å²) in [6.45, 7) is 1.08. The van der Waals surface area contributed by atoms with Gasteiger partial charge in [-0.05, 0) is 23.8 Å². The lowest BCUT2D eigenvalue weighted by Crippen LogP contribution is -2.13. The lowest BCUT2D eigenvalue weighted by molar-refractivity contribution is -0.159. The first-order valence-corrected chi connectivity index (χ1v) is 7.60. The minimum absolute atomic E-state index is 0.496. The van der Waals surface area contributed by atoms with Crippen LogP contribution >= 0.6 is 0 Å². The molecule has 0 saturated carbocycles. The topological polar surface area (TPSA) is 95.9 Å². The van der Waals surface area contributed by atoms with Crippen molar-refractivity contribution in [1.82, 2.24) is 5.32 Å². The van der Waals surface area contributed by atoms with Crippen LogP contribution in [0.4, 0.5) is 13.2 Å². The molecular formula is C18H18F3NO5. The third kappa shape index (κ3) is 7.78. The first-order valence-electron chi connectivity index (χ1n) is 7.60. The van der Waals surface area contributed by atoms with E-state index < -0.39 is 23.7 Å². The molecule has 0 radical (unpaired) electrons. The van der Waals surface area contributed by atoms with Crippen LogP contribution in [0.25, 0.3) is 0 Å². The molecule has 3 N–H and O–H groups in total. The number of alkyl halides is 3. The van der Waals surface area contributed by atoms with E-state index in [1.165, 1.54) is 12.1 Å². The number of methoxy groups -OCH3 is 1. The Hall–Kier alpha value is -3.07. The standard InChI is InChI=1S/C16H16F3NO.C2H2O4/c1-21-15-5-3-2-4-13(15)11-20-10-12-6-8-14(9-7-12)16(17,18)19;3-1(4)2(5)6/h2-9,20H,10-11H2,1H3;(H,3,4)(H,5,6). The number of ether oxygens (including phenoxy) is 1. The fraction of sp³-hybridized carbons (Fsp3) is 0.222. The van der Waals surface area contributed by atoms with Crippen molar-refractivity contribution < 1.29 is 37.7 Å². The zero-order chi connectivity index (χ0) is 20.4.